The third kappa shape index (κ3) is 2.93. The molecule has 0 radical (unpaired) electrons. The molecule has 0 aliphatic rings. The van der Waals surface area contributed by atoms with E-state index in [4.69, 9.17) is 11.0 Å². The maximum absolute atomic E-state index is 11.9. The predicted molar refractivity (Wildman–Crippen MR) is 72.6 cm³/mol. The van der Waals surface area contributed by atoms with Gasteiger partial charge in [-0.25, -0.2) is 8.42 Å². The fourth-order valence-corrected chi connectivity index (χ4v) is 2.80. The van der Waals surface area contributed by atoms with Crippen molar-refractivity contribution in [2.45, 2.75) is 32.4 Å². The van der Waals surface area contributed by atoms with Crippen LogP contribution in [0.4, 0.5) is 11.4 Å². The molecule has 98 valence electrons. The zero-order valence-corrected chi connectivity index (χ0v) is 11.5. The van der Waals surface area contributed by atoms with Crippen molar-refractivity contribution >= 4 is 21.4 Å². The lowest BCUT2D eigenvalue weighted by atomic mass is 10.1. The smallest absolute Gasteiger partial charge is 0.249 e. The minimum Gasteiger partial charge on any atom is -0.399 e. The van der Waals surface area contributed by atoms with Crippen LogP contribution in [0.25, 0.3) is 0 Å². The Kier molecular flexibility index (Phi) is 4.19. The molecule has 6 heteroatoms. The average molecular weight is 267 g/mol. The zero-order valence-electron chi connectivity index (χ0n) is 10.7. The van der Waals surface area contributed by atoms with Crippen molar-refractivity contribution in [2.75, 3.05) is 10.5 Å². The molecule has 5 nitrogen and oxygen atoms in total. The van der Waals surface area contributed by atoms with Gasteiger partial charge in [0, 0.05) is 5.69 Å². The summed E-state index contributed by atoms with van der Waals surface area (Å²) < 4.78 is 26.3. The Bertz CT molecular complexity index is 588. The summed E-state index contributed by atoms with van der Waals surface area (Å²) in [6, 6.07) is 5.16. The van der Waals surface area contributed by atoms with E-state index in [-0.39, 0.29) is 6.42 Å². The number of hydrogen-bond donors (Lipinski definition) is 2. The Morgan fingerprint density at radius 2 is 2.00 bits per heavy atom. The zero-order chi connectivity index (χ0) is 13.9. The molecule has 0 aliphatic carbocycles. The maximum Gasteiger partial charge on any atom is 0.249 e. The third-order valence-electron chi connectivity index (χ3n) is 2.75. The van der Waals surface area contributed by atoms with Crippen molar-refractivity contribution in [3.05, 3.63) is 23.3 Å². The number of nitrogen functional groups attached to an aromatic ring is 1. The van der Waals surface area contributed by atoms with Gasteiger partial charge in [0.05, 0.1) is 11.8 Å². The topological polar surface area (TPSA) is 96.0 Å². The summed E-state index contributed by atoms with van der Waals surface area (Å²) in [4.78, 5) is 0. The highest BCUT2D eigenvalue weighted by Crippen LogP contribution is 2.24. The molecule has 0 spiro atoms. The highest BCUT2D eigenvalue weighted by Gasteiger charge is 2.23. The number of anilines is 2. The minimum absolute atomic E-state index is 0.249. The molecular formula is C12H17N3O2S. The molecule has 0 fully saturated rings. The second kappa shape index (κ2) is 5.27. The van der Waals surface area contributed by atoms with E-state index in [1.54, 1.807) is 39.0 Å². The first-order valence-electron chi connectivity index (χ1n) is 5.59. The first kappa shape index (κ1) is 14.3. The second-order valence-corrected chi connectivity index (χ2v) is 6.06. The molecule has 1 unspecified atom stereocenters. The van der Waals surface area contributed by atoms with Crippen LogP contribution in [0.5, 0.6) is 0 Å². The lowest BCUT2D eigenvalue weighted by molar-refractivity contribution is 0.593. The van der Waals surface area contributed by atoms with Gasteiger partial charge >= 0.3 is 0 Å². The van der Waals surface area contributed by atoms with Gasteiger partial charge in [0.2, 0.25) is 10.0 Å². The molecule has 1 aromatic carbocycles. The van der Waals surface area contributed by atoms with E-state index in [0.29, 0.717) is 11.4 Å². The Hall–Kier alpha value is -1.74. The molecule has 0 saturated heterocycles. The van der Waals surface area contributed by atoms with Crippen molar-refractivity contribution in [2.24, 2.45) is 0 Å². The molecule has 18 heavy (non-hydrogen) atoms. The molecular weight excluding hydrogens is 250 g/mol. The van der Waals surface area contributed by atoms with E-state index < -0.39 is 15.3 Å². The first-order valence-corrected chi connectivity index (χ1v) is 7.14. The van der Waals surface area contributed by atoms with Crippen LogP contribution >= 0.6 is 0 Å². The van der Waals surface area contributed by atoms with Gasteiger partial charge in [-0.2, -0.15) is 5.26 Å². The van der Waals surface area contributed by atoms with Gasteiger partial charge in [0.1, 0.15) is 0 Å². The lowest BCUT2D eigenvalue weighted by Crippen LogP contribution is -2.26. The molecule has 0 amide bonds. The molecule has 0 saturated carbocycles. The summed E-state index contributed by atoms with van der Waals surface area (Å²) in [5, 5.41) is 7.77. The molecule has 0 aliphatic heterocycles. The number of hydrogen-bond acceptors (Lipinski definition) is 4. The van der Waals surface area contributed by atoms with Gasteiger partial charge in [-0.3, -0.25) is 4.72 Å². The van der Waals surface area contributed by atoms with Crippen LogP contribution in [-0.2, 0) is 10.0 Å². The van der Waals surface area contributed by atoms with Gasteiger partial charge in [0.25, 0.3) is 0 Å². The van der Waals surface area contributed by atoms with Gasteiger partial charge < -0.3 is 5.73 Å². The monoisotopic (exact) mass is 267 g/mol. The standard InChI is InChI=1S/C12H17N3O2S/c1-4-10(7-13)18(16,17)15-12-6-8(2)11(14)5-9(12)3/h5-6,10,15H,4,14H2,1-3H3. The summed E-state index contributed by atoms with van der Waals surface area (Å²) in [7, 11) is -3.68. The first-order chi connectivity index (χ1) is 8.31. The van der Waals surface area contributed by atoms with Crippen LogP contribution < -0.4 is 10.5 Å². The summed E-state index contributed by atoms with van der Waals surface area (Å²) in [6.07, 6.45) is 0.249. The van der Waals surface area contributed by atoms with Crippen LogP contribution in [0.15, 0.2) is 12.1 Å². The fourth-order valence-electron chi connectivity index (χ4n) is 1.55. The predicted octanol–water partition coefficient (Wildman–Crippen LogP) is 1.93. The largest absolute Gasteiger partial charge is 0.399 e. The lowest BCUT2D eigenvalue weighted by Gasteiger charge is -2.14. The summed E-state index contributed by atoms with van der Waals surface area (Å²) >= 11 is 0. The molecule has 1 rings (SSSR count). The van der Waals surface area contributed by atoms with Crippen molar-refractivity contribution < 1.29 is 8.42 Å². The van der Waals surface area contributed by atoms with Gasteiger partial charge in [-0.1, -0.05) is 6.92 Å². The number of nitrogens with one attached hydrogen (secondary N) is 1. The Morgan fingerprint density at radius 1 is 1.39 bits per heavy atom. The minimum atomic E-state index is -3.68. The van der Waals surface area contributed by atoms with Crippen LogP contribution in [0, 0.1) is 25.2 Å². The van der Waals surface area contributed by atoms with E-state index in [1.807, 2.05) is 0 Å². The van der Waals surface area contributed by atoms with Crippen LogP contribution in [0.1, 0.15) is 24.5 Å². The average Bonchev–Trinajstić information content (AvgIpc) is 2.26. The quantitative estimate of drug-likeness (QED) is 0.815. The molecule has 0 heterocycles. The summed E-state index contributed by atoms with van der Waals surface area (Å²) in [5.41, 5.74) is 8.34. The number of sulfonamides is 1. The van der Waals surface area contributed by atoms with E-state index >= 15 is 0 Å². The molecule has 0 bridgehead atoms. The van der Waals surface area contributed by atoms with Crippen molar-refractivity contribution in [3.8, 4) is 6.07 Å². The van der Waals surface area contributed by atoms with E-state index in [9.17, 15) is 8.42 Å². The molecule has 1 atom stereocenters. The van der Waals surface area contributed by atoms with Crippen molar-refractivity contribution in [1.82, 2.24) is 0 Å². The number of rotatable bonds is 4. The van der Waals surface area contributed by atoms with E-state index in [0.717, 1.165) is 11.1 Å². The second-order valence-electron chi connectivity index (χ2n) is 4.20. The molecule has 3 N–H and O–H groups in total. The van der Waals surface area contributed by atoms with Crippen molar-refractivity contribution in [1.29, 1.82) is 5.26 Å². The van der Waals surface area contributed by atoms with Crippen LogP contribution in [-0.4, -0.2) is 13.7 Å². The van der Waals surface area contributed by atoms with Gasteiger partial charge in [-0.05, 0) is 43.5 Å². The van der Waals surface area contributed by atoms with E-state index in [2.05, 4.69) is 4.72 Å². The highest BCUT2D eigenvalue weighted by molar-refractivity contribution is 7.93. The number of benzene rings is 1. The van der Waals surface area contributed by atoms with Crippen molar-refractivity contribution in [3.63, 3.8) is 0 Å². The highest BCUT2D eigenvalue weighted by atomic mass is 32.2. The molecule has 0 aromatic heterocycles. The van der Waals surface area contributed by atoms with Gasteiger partial charge in [0.15, 0.2) is 5.25 Å². The van der Waals surface area contributed by atoms with E-state index in [1.165, 1.54) is 0 Å². The SMILES string of the molecule is CCC(C#N)S(=O)(=O)Nc1cc(C)c(N)cc1C. The van der Waals surface area contributed by atoms with Crippen LogP contribution in [0.2, 0.25) is 0 Å². The number of aryl methyl sites for hydroxylation is 2. The number of nitriles is 1. The van der Waals surface area contributed by atoms with Gasteiger partial charge in [-0.15, -0.1) is 0 Å². The molecule has 1 aromatic rings. The Morgan fingerprint density at radius 3 is 2.50 bits per heavy atom. The summed E-state index contributed by atoms with van der Waals surface area (Å²) in [6.45, 7) is 5.23. The maximum atomic E-state index is 11.9. The number of nitrogens with zero attached hydrogens (tertiary/aromatic N) is 1. The summed E-state index contributed by atoms with van der Waals surface area (Å²) in [5.74, 6) is 0. The normalized spacial score (nSPS) is 12.8. The number of nitrogens with two attached hydrogens (primary N) is 1. The fraction of sp³-hybridized carbons (Fsp3) is 0.417. The third-order valence-corrected chi connectivity index (χ3v) is 4.45. The Labute approximate surface area is 108 Å². The van der Waals surface area contributed by atoms with Crippen LogP contribution in [0.3, 0.4) is 0 Å². The Balaban J connectivity index is 3.13.